The van der Waals surface area contributed by atoms with Gasteiger partial charge < -0.3 is 5.11 Å². The number of hydrogen-bond acceptors (Lipinski definition) is 2. The van der Waals surface area contributed by atoms with E-state index in [2.05, 4.69) is 13.8 Å². The van der Waals surface area contributed by atoms with Gasteiger partial charge in [0.05, 0.1) is 0 Å². The molecule has 0 aromatic carbocycles. The molecule has 80 valence electrons. The Morgan fingerprint density at radius 2 is 2.21 bits per heavy atom. The fourth-order valence-electron chi connectivity index (χ4n) is 3.74. The number of ketones is 1. The van der Waals surface area contributed by atoms with Gasteiger partial charge in [0.1, 0.15) is 5.78 Å². The lowest BCUT2D eigenvalue weighted by Crippen LogP contribution is -2.36. The van der Waals surface area contributed by atoms with Crippen LogP contribution in [-0.4, -0.2) is 17.5 Å². The summed E-state index contributed by atoms with van der Waals surface area (Å²) in [6.45, 7) is 4.70. The van der Waals surface area contributed by atoms with Crippen molar-refractivity contribution in [2.75, 3.05) is 6.61 Å². The van der Waals surface area contributed by atoms with Crippen molar-refractivity contribution in [3.8, 4) is 0 Å². The molecular formula is C12H20O2. The highest BCUT2D eigenvalue weighted by Gasteiger charge is 2.63. The van der Waals surface area contributed by atoms with Crippen LogP contribution in [0.25, 0.3) is 0 Å². The Kier molecular flexibility index (Phi) is 2.22. The number of carbonyl (C=O) groups is 1. The van der Waals surface area contributed by atoms with E-state index in [0.717, 1.165) is 25.7 Å². The third-order valence-corrected chi connectivity index (χ3v) is 4.90. The fourth-order valence-corrected chi connectivity index (χ4v) is 3.74. The largest absolute Gasteiger partial charge is 0.396 e. The van der Waals surface area contributed by atoms with Gasteiger partial charge in [-0.1, -0.05) is 13.8 Å². The van der Waals surface area contributed by atoms with Crippen molar-refractivity contribution in [3.05, 3.63) is 0 Å². The molecule has 2 atom stereocenters. The molecule has 2 aliphatic carbocycles. The molecule has 1 N–H and O–H groups in total. The topological polar surface area (TPSA) is 37.3 Å². The Morgan fingerprint density at radius 3 is 2.64 bits per heavy atom. The SMILES string of the molecule is CC1(C)C2CCC1(CCCO)C(=O)C2. The molecule has 2 unspecified atom stereocenters. The average molecular weight is 196 g/mol. The highest BCUT2D eigenvalue weighted by Crippen LogP contribution is 2.65. The van der Waals surface area contributed by atoms with Crippen molar-refractivity contribution in [1.29, 1.82) is 0 Å². The van der Waals surface area contributed by atoms with Crippen LogP contribution in [0.5, 0.6) is 0 Å². The van der Waals surface area contributed by atoms with E-state index >= 15 is 0 Å². The van der Waals surface area contributed by atoms with E-state index in [0.29, 0.717) is 11.7 Å². The van der Waals surface area contributed by atoms with E-state index in [1.165, 1.54) is 6.42 Å². The van der Waals surface area contributed by atoms with Gasteiger partial charge in [0.2, 0.25) is 0 Å². The predicted molar refractivity (Wildman–Crippen MR) is 54.9 cm³/mol. The van der Waals surface area contributed by atoms with Gasteiger partial charge in [-0.3, -0.25) is 4.79 Å². The number of rotatable bonds is 3. The summed E-state index contributed by atoms with van der Waals surface area (Å²) in [5.74, 6) is 1.07. The van der Waals surface area contributed by atoms with Crippen LogP contribution in [0.3, 0.4) is 0 Å². The highest BCUT2D eigenvalue weighted by atomic mass is 16.3. The third kappa shape index (κ3) is 1.04. The van der Waals surface area contributed by atoms with Gasteiger partial charge in [0.25, 0.3) is 0 Å². The number of carbonyl (C=O) groups excluding carboxylic acids is 1. The second-order valence-electron chi connectivity index (χ2n) is 5.49. The Bertz CT molecular complexity index is 257. The molecule has 0 aromatic rings. The Labute approximate surface area is 85.7 Å². The summed E-state index contributed by atoms with van der Waals surface area (Å²) in [4.78, 5) is 12.0. The smallest absolute Gasteiger partial charge is 0.139 e. The normalized spacial score (nSPS) is 39.4. The van der Waals surface area contributed by atoms with Crippen molar-refractivity contribution < 1.29 is 9.90 Å². The van der Waals surface area contributed by atoms with Crippen LogP contribution in [0.4, 0.5) is 0 Å². The first-order chi connectivity index (χ1) is 6.54. The van der Waals surface area contributed by atoms with Crippen LogP contribution in [0.2, 0.25) is 0 Å². The van der Waals surface area contributed by atoms with Gasteiger partial charge in [-0.25, -0.2) is 0 Å². The Morgan fingerprint density at radius 1 is 1.50 bits per heavy atom. The molecule has 0 saturated heterocycles. The zero-order valence-electron chi connectivity index (χ0n) is 9.18. The molecule has 2 saturated carbocycles. The maximum absolute atomic E-state index is 12.0. The van der Waals surface area contributed by atoms with Crippen LogP contribution in [0, 0.1) is 16.7 Å². The van der Waals surface area contributed by atoms with Crippen LogP contribution >= 0.6 is 0 Å². The number of hydrogen-bond donors (Lipinski definition) is 1. The summed E-state index contributed by atoms with van der Waals surface area (Å²) >= 11 is 0. The fraction of sp³-hybridized carbons (Fsp3) is 0.917. The lowest BCUT2D eigenvalue weighted by Gasteiger charge is -2.36. The van der Waals surface area contributed by atoms with Crippen molar-refractivity contribution in [3.63, 3.8) is 0 Å². The van der Waals surface area contributed by atoms with Crippen molar-refractivity contribution in [2.24, 2.45) is 16.7 Å². The van der Waals surface area contributed by atoms with E-state index in [1.807, 2.05) is 0 Å². The summed E-state index contributed by atoms with van der Waals surface area (Å²) in [5, 5.41) is 8.90. The molecule has 14 heavy (non-hydrogen) atoms. The van der Waals surface area contributed by atoms with Crippen LogP contribution < -0.4 is 0 Å². The minimum atomic E-state index is -0.0829. The Balaban J connectivity index is 2.25. The minimum absolute atomic E-state index is 0.0829. The van der Waals surface area contributed by atoms with Crippen LogP contribution in [0.1, 0.15) is 46.0 Å². The third-order valence-electron chi connectivity index (χ3n) is 4.90. The van der Waals surface area contributed by atoms with E-state index in [-0.39, 0.29) is 17.4 Å². The molecule has 2 nitrogen and oxygen atoms in total. The lowest BCUT2D eigenvalue weighted by atomic mass is 9.66. The van der Waals surface area contributed by atoms with E-state index in [1.54, 1.807) is 0 Å². The van der Waals surface area contributed by atoms with Gasteiger partial charge in [0.15, 0.2) is 0 Å². The zero-order valence-corrected chi connectivity index (χ0v) is 9.18. The Hall–Kier alpha value is -0.370. The molecule has 2 aliphatic rings. The quantitative estimate of drug-likeness (QED) is 0.751. The average Bonchev–Trinajstić information content (AvgIpc) is 2.48. The van der Waals surface area contributed by atoms with Gasteiger partial charge in [-0.2, -0.15) is 0 Å². The molecule has 0 amide bonds. The highest BCUT2D eigenvalue weighted by molar-refractivity contribution is 5.89. The lowest BCUT2D eigenvalue weighted by molar-refractivity contribution is -0.130. The molecule has 0 aliphatic heterocycles. The molecule has 2 bridgehead atoms. The maximum Gasteiger partial charge on any atom is 0.139 e. The molecule has 2 rings (SSSR count). The summed E-state index contributed by atoms with van der Waals surface area (Å²) < 4.78 is 0. The monoisotopic (exact) mass is 196 g/mol. The maximum atomic E-state index is 12.0. The van der Waals surface area contributed by atoms with Crippen molar-refractivity contribution >= 4 is 5.78 Å². The number of aliphatic hydroxyl groups is 1. The molecule has 0 aromatic heterocycles. The van der Waals surface area contributed by atoms with Gasteiger partial charge in [0, 0.05) is 18.4 Å². The van der Waals surface area contributed by atoms with E-state index in [4.69, 9.17) is 5.11 Å². The second kappa shape index (κ2) is 3.06. The first kappa shape index (κ1) is 10.2. The summed E-state index contributed by atoms with van der Waals surface area (Å²) in [6, 6.07) is 0. The first-order valence-corrected chi connectivity index (χ1v) is 5.69. The molecule has 2 heteroatoms. The summed E-state index contributed by atoms with van der Waals surface area (Å²) in [6.07, 6.45) is 4.74. The number of Topliss-reactive ketones (excluding diaryl/α,β-unsaturated/α-hetero) is 1. The number of fused-ring (bicyclic) bond motifs is 2. The molecule has 0 spiro atoms. The molecule has 0 radical (unpaired) electrons. The van der Waals surface area contributed by atoms with Gasteiger partial charge in [-0.05, 0) is 37.0 Å². The zero-order chi connectivity index (χ0) is 10.4. The molecule has 0 heterocycles. The summed E-state index contributed by atoms with van der Waals surface area (Å²) in [7, 11) is 0. The van der Waals surface area contributed by atoms with Crippen LogP contribution in [0.15, 0.2) is 0 Å². The van der Waals surface area contributed by atoms with Crippen molar-refractivity contribution in [2.45, 2.75) is 46.0 Å². The van der Waals surface area contributed by atoms with E-state index in [9.17, 15) is 4.79 Å². The minimum Gasteiger partial charge on any atom is -0.396 e. The predicted octanol–water partition coefficient (Wildman–Crippen LogP) is 2.15. The van der Waals surface area contributed by atoms with Gasteiger partial charge in [-0.15, -0.1) is 0 Å². The van der Waals surface area contributed by atoms with Crippen molar-refractivity contribution in [1.82, 2.24) is 0 Å². The van der Waals surface area contributed by atoms with E-state index < -0.39 is 0 Å². The van der Waals surface area contributed by atoms with Gasteiger partial charge >= 0.3 is 0 Å². The van der Waals surface area contributed by atoms with Crippen LogP contribution in [-0.2, 0) is 4.79 Å². The second-order valence-corrected chi connectivity index (χ2v) is 5.49. The first-order valence-electron chi connectivity index (χ1n) is 5.69. The molecule has 2 fully saturated rings. The number of aliphatic hydroxyl groups excluding tert-OH is 1. The summed E-state index contributed by atoms with van der Waals surface area (Å²) in [5.41, 5.74) is 0.0969. The standard InChI is InChI=1S/C12H20O2/c1-11(2)9-4-6-12(11,5-3-7-13)10(14)8-9/h9,13H,3-8H2,1-2H3. The molecular weight excluding hydrogens is 176 g/mol.